The van der Waals surface area contributed by atoms with E-state index in [0.29, 0.717) is 28.4 Å². The van der Waals surface area contributed by atoms with Crippen LogP contribution in [-0.2, 0) is 0 Å². The molecule has 0 aliphatic carbocycles. The Bertz CT molecular complexity index is 626. The highest BCUT2D eigenvalue weighted by atomic mass is 35.5. The molecule has 1 N–H and O–H groups in total. The first-order chi connectivity index (χ1) is 10.2. The molecule has 8 heteroatoms. The predicted molar refractivity (Wildman–Crippen MR) is 86.3 cm³/mol. The average Bonchev–Trinajstić information content (AvgIpc) is 2.90. The highest BCUT2D eigenvalue weighted by Crippen LogP contribution is 2.28. The molecule has 1 aliphatic heterocycles. The maximum absolute atomic E-state index is 6.10. The third-order valence-electron chi connectivity index (χ3n) is 3.66. The summed E-state index contributed by atoms with van der Waals surface area (Å²) >= 11 is 7.91. The number of fused-ring (bicyclic) bond motifs is 1. The van der Waals surface area contributed by atoms with E-state index in [1.165, 1.54) is 0 Å². The number of halogens is 1. The van der Waals surface area contributed by atoms with Crippen LogP contribution in [0.1, 0.15) is 12.8 Å². The van der Waals surface area contributed by atoms with Crippen LogP contribution in [0.15, 0.2) is 12.3 Å². The highest BCUT2D eigenvalue weighted by molar-refractivity contribution is 7.96. The molecule has 3 rings (SSSR count). The zero-order chi connectivity index (χ0) is 14.8. The van der Waals surface area contributed by atoms with Crippen LogP contribution >= 0.6 is 23.5 Å². The SMILES string of the molecule is COc1c(Cl)ccn2nc(NC3CCN(SC)CC3)nc12. The Hall–Kier alpha value is -1.18. The van der Waals surface area contributed by atoms with Crippen molar-refractivity contribution in [2.24, 2.45) is 0 Å². The van der Waals surface area contributed by atoms with E-state index in [1.807, 2.05) is 0 Å². The lowest BCUT2D eigenvalue weighted by Crippen LogP contribution is -2.35. The zero-order valence-corrected chi connectivity index (χ0v) is 13.6. The largest absolute Gasteiger partial charge is 0.491 e. The first-order valence-corrected chi connectivity index (χ1v) is 8.41. The van der Waals surface area contributed by atoms with E-state index in [9.17, 15) is 0 Å². The van der Waals surface area contributed by atoms with Crippen LogP contribution in [0.3, 0.4) is 0 Å². The maximum Gasteiger partial charge on any atom is 0.243 e. The molecule has 1 aliphatic rings. The van der Waals surface area contributed by atoms with Gasteiger partial charge in [0.05, 0.1) is 12.1 Å². The van der Waals surface area contributed by atoms with Gasteiger partial charge in [-0.15, -0.1) is 5.10 Å². The number of methoxy groups -OCH3 is 1. The van der Waals surface area contributed by atoms with E-state index >= 15 is 0 Å². The fourth-order valence-electron chi connectivity index (χ4n) is 2.52. The number of hydrogen-bond acceptors (Lipinski definition) is 6. The van der Waals surface area contributed by atoms with Crippen LogP contribution in [0.2, 0.25) is 5.02 Å². The van der Waals surface area contributed by atoms with Gasteiger partial charge in [0.2, 0.25) is 11.6 Å². The summed E-state index contributed by atoms with van der Waals surface area (Å²) < 4.78 is 9.36. The Morgan fingerprint density at radius 1 is 1.43 bits per heavy atom. The van der Waals surface area contributed by atoms with Crippen molar-refractivity contribution >= 4 is 35.1 Å². The summed E-state index contributed by atoms with van der Waals surface area (Å²) in [4.78, 5) is 4.49. The standard InChI is InChI=1S/C13H18ClN5OS/c1-20-11-10(14)5-8-19-12(11)16-13(17-19)15-9-3-6-18(21-2)7-4-9/h5,8-9H,3-4,6-7H2,1-2H3,(H,15,17). The van der Waals surface area contributed by atoms with Gasteiger partial charge in [-0.05, 0) is 25.2 Å². The number of rotatable bonds is 4. The third-order valence-corrected chi connectivity index (χ3v) is 4.84. The number of hydrogen-bond donors (Lipinski definition) is 1. The molecule has 2 aromatic rings. The first kappa shape index (κ1) is 14.7. The van der Waals surface area contributed by atoms with Crippen molar-refractivity contribution in [2.45, 2.75) is 18.9 Å². The van der Waals surface area contributed by atoms with E-state index < -0.39 is 0 Å². The van der Waals surface area contributed by atoms with E-state index in [1.54, 1.807) is 35.8 Å². The van der Waals surface area contributed by atoms with Gasteiger partial charge in [-0.25, -0.2) is 4.52 Å². The van der Waals surface area contributed by atoms with Crippen LogP contribution in [0.5, 0.6) is 5.75 Å². The topological polar surface area (TPSA) is 54.7 Å². The molecule has 0 saturated carbocycles. The lowest BCUT2D eigenvalue weighted by Gasteiger charge is -2.30. The molecule has 0 aromatic carbocycles. The molecule has 1 fully saturated rings. The minimum absolute atomic E-state index is 0.410. The minimum atomic E-state index is 0.410. The van der Waals surface area contributed by atoms with Gasteiger partial charge in [0.1, 0.15) is 0 Å². The van der Waals surface area contributed by atoms with Gasteiger partial charge in [0, 0.05) is 25.3 Å². The number of aromatic nitrogens is 3. The summed E-state index contributed by atoms with van der Waals surface area (Å²) in [5.41, 5.74) is 0.633. The molecule has 6 nitrogen and oxygen atoms in total. The summed E-state index contributed by atoms with van der Waals surface area (Å²) in [5.74, 6) is 1.18. The number of nitrogens with zero attached hydrogens (tertiary/aromatic N) is 4. The Balaban J connectivity index is 1.76. The first-order valence-electron chi connectivity index (χ1n) is 6.85. The number of anilines is 1. The quantitative estimate of drug-likeness (QED) is 0.871. The Morgan fingerprint density at radius 2 is 2.19 bits per heavy atom. The number of ether oxygens (including phenoxy) is 1. The lowest BCUT2D eigenvalue weighted by molar-refractivity contribution is 0.358. The highest BCUT2D eigenvalue weighted by Gasteiger charge is 2.20. The second kappa shape index (κ2) is 6.29. The van der Waals surface area contributed by atoms with Gasteiger partial charge in [-0.3, -0.25) is 4.31 Å². The van der Waals surface area contributed by atoms with Gasteiger partial charge in [0.25, 0.3) is 0 Å². The van der Waals surface area contributed by atoms with E-state index in [0.717, 1.165) is 25.9 Å². The predicted octanol–water partition coefficient (Wildman–Crippen LogP) is 2.55. The Morgan fingerprint density at radius 3 is 2.86 bits per heavy atom. The number of nitrogens with one attached hydrogen (secondary N) is 1. The smallest absolute Gasteiger partial charge is 0.243 e. The normalized spacial score (nSPS) is 17.3. The van der Waals surface area contributed by atoms with Crippen LogP contribution in [0.4, 0.5) is 5.95 Å². The molecule has 0 spiro atoms. The third kappa shape index (κ3) is 3.04. The van der Waals surface area contributed by atoms with Crippen molar-refractivity contribution in [3.63, 3.8) is 0 Å². The van der Waals surface area contributed by atoms with Gasteiger partial charge in [-0.2, -0.15) is 4.98 Å². The Kier molecular flexibility index (Phi) is 4.42. The van der Waals surface area contributed by atoms with E-state index in [2.05, 4.69) is 26.0 Å². The van der Waals surface area contributed by atoms with Crippen LogP contribution in [-0.4, -0.2) is 51.4 Å². The summed E-state index contributed by atoms with van der Waals surface area (Å²) in [6, 6.07) is 2.16. The number of pyridine rings is 1. The van der Waals surface area contributed by atoms with Crippen molar-refractivity contribution in [1.29, 1.82) is 0 Å². The monoisotopic (exact) mass is 327 g/mol. The fraction of sp³-hybridized carbons (Fsp3) is 0.538. The molecular formula is C13H18ClN5OS. The van der Waals surface area contributed by atoms with Crippen LogP contribution in [0, 0.1) is 0 Å². The van der Waals surface area contributed by atoms with Crippen molar-refractivity contribution in [2.75, 3.05) is 31.8 Å². The van der Waals surface area contributed by atoms with Gasteiger partial charge >= 0.3 is 0 Å². The van der Waals surface area contributed by atoms with Gasteiger partial charge in [0.15, 0.2) is 5.75 Å². The van der Waals surface area contributed by atoms with Gasteiger partial charge in [-0.1, -0.05) is 23.5 Å². The molecule has 114 valence electrons. The van der Waals surface area contributed by atoms with E-state index in [4.69, 9.17) is 16.3 Å². The molecular weight excluding hydrogens is 310 g/mol. The van der Waals surface area contributed by atoms with Crippen molar-refractivity contribution in [3.05, 3.63) is 17.3 Å². The average molecular weight is 328 g/mol. The maximum atomic E-state index is 6.10. The molecule has 0 amide bonds. The Labute approximate surface area is 132 Å². The molecule has 0 atom stereocenters. The summed E-state index contributed by atoms with van der Waals surface area (Å²) in [5, 5.41) is 8.38. The lowest BCUT2D eigenvalue weighted by atomic mass is 10.1. The summed E-state index contributed by atoms with van der Waals surface area (Å²) in [6.45, 7) is 2.17. The van der Waals surface area contributed by atoms with Crippen LogP contribution in [0.25, 0.3) is 5.65 Å². The molecule has 0 bridgehead atoms. The van der Waals surface area contributed by atoms with Crippen molar-refractivity contribution in [3.8, 4) is 5.75 Å². The summed E-state index contributed by atoms with van der Waals surface area (Å²) in [6.07, 6.45) is 6.09. The van der Waals surface area contributed by atoms with E-state index in [-0.39, 0.29) is 0 Å². The molecule has 0 unspecified atom stereocenters. The molecule has 1 saturated heterocycles. The second-order valence-electron chi connectivity index (χ2n) is 4.93. The van der Waals surface area contributed by atoms with Crippen molar-refractivity contribution in [1.82, 2.24) is 18.9 Å². The minimum Gasteiger partial charge on any atom is -0.491 e. The van der Waals surface area contributed by atoms with Gasteiger partial charge < -0.3 is 10.1 Å². The zero-order valence-electron chi connectivity index (χ0n) is 12.0. The summed E-state index contributed by atoms with van der Waals surface area (Å²) in [7, 11) is 1.58. The fourth-order valence-corrected chi connectivity index (χ4v) is 3.31. The van der Waals surface area contributed by atoms with Crippen LogP contribution < -0.4 is 10.1 Å². The molecule has 3 heterocycles. The molecule has 0 radical (unpaired) electrons. The van der Waals surface area contributed by atoms with Crippen molar-refractivity contribution < 1.29 is 4.74 Å². The molecule has 21 heavy (non-hydrogen) atoms. The number of piperidine rings is 1. The second-order valence-corrected chi connectivity index (χ2v) is 6.22. The molecule has 2 aromatic heterocycles.